The van der Waals surface area contributed by atoms with Gasteiger partial charge in [-0.05, 0) is 12.7 Å². The van der Waals surface area contributed by atoms with Crippen LogP contribution in [0.3, 0.4) is 0 Å². The molecule has 0 aliphatic carbocycles. The SMILES string of the molecule is CC=O.CO[Si](CCS)(OC)OC. The lowest BCUT2D eigenvalue weighted by Gasteiger charge is -2.23. The summed E-state index contributed by atoms with van der Waals surface area (Å²) in [7, 11) is 2.51. The summed E-state index contributed by atoms with van der Waals surface area (Å²) in [6, 6.07) is 0.750. The third-order valence-electron chi connectivity index (χ3n) is 1.35. The summed E-state index contributed by atoms with van der Waals surface area (Å²) in [6.07, 6.45) is 0.750. The van der Waals surface area contributed by atoms with E-state index >= 15 is 0 Å². The van der Waals surface area contributed by atoms with E-state index in [1.165, 1.54) is 6.92 Å². The van der Waals surface area contributed by atoms with Gasteiger partial charge >= 0.3 is 8.80 Å². The maximum atomic E-state index is 8.81. The standard InChI is InChI=1S/C5H14O3SSi.C2H4O/c1-6-10(7-2,8-3)5-4-9;1-2-3/h9H,4-5H2,1-3H3;2H,1H3. The fraction of sp³-hybridized carbons (Fsp3) is 0.857. The van der Waals surface area contributed by atoms with Gasteiger partial charge in [-0.25, -0.2) is 0 Å². The van der Waals surface area contributed by atoms with Crippen LogP contribution < -0.4 is 0 Å². The third kappa shape index (κ3) is 7.21. The van der Waals surface area contributed by atoms with Crippen LogP contribution in [0, 0.1) is 0 Å². The molecule has 0 unspecified atom stereocenters. The summed E-state index contributed by atoms with van der Waals surface area (Å²) in [5, 5.41) is 0. The van der Waals surface area contributed by atoms with Crippen molar-refractivity contribution in [1.29, 1.82) is 0 Å². The predicted molar refractivity (Wildman–Crippen MR) is 57.2 cm³/mol. The highest BCUT2D eigenvalue weighted by atomic mass is 32.1. The van der Waals surface area contributed by atoms with Crippen molar-refractivity contribution in [1.82, 2.24) is 0 Å². The molecule has 0 aromatic carbocycles. The quantitative estimate of drug-likeness (QED) is 0.431. The monoisotopic (exact) mass is 226 g/mol. The van der Waals surface area contributed by atoms with Crippen molar-refractivity contribution in [2.45, 2.75) is 13.0 Å². The Labute approximate surface area is 86.3 Å². The Balaban J connectivity index is 0. The van der Waals surface area contributed by atoms with E-state index in [1.54, 1.807) is 21.3 Å². The maximum Gasteiger partial charge on any atom is 0.500 e. The normalized spacial score (nSPS) is 10.2. The van der Waals surface area contributed by atoms with Crippen molar-refractivity contribution in [3.63, 3.8) is 0 Å². The van der Waals surface area contributed by atoms with Crippen LogP contribution in [0.15, 0.2) is 0 Å². The van der Waals surface area contributed by atoms with Gasteiger partial charge in [-0.3, -0.25) is 0 Å². The molecule has 0 radical (unpaired) electrons. The zero-order chi connectivity index (χ0) is 10.7. The lowest BCUT2D eigenvalue weighted by atomic mass is 11.0. The van der Waals surface area contributed by atoms with E-state index < -0.39 is 8.80 Å². The lowest BCUT2D eigenvalue weighted by molar-refractivity contribution is -0.106. The molecule has 0 amide bonds. The van der Waals surface area contributed by atoms with E-state index in [4.69, 9.17) is 18.1 Å². The van der Waals surface area contributed by atoms with E-state index in [1.807, 2.05) is 0 Å². The predicted octanol–water partition coefficient (Wildman–Crippen LogP) is 0.999. The van der Waals surface area contributed by atoms with Crippen LogP contribution in [-0.2, 0) is 18.1 Å². The summed E-state index contributed by atoms with van der Waals surface area (Å²) in [5.41, 5.74) is 0. The number of aldehydes is 1. The number of thiol groups is 1. The van der Waals surface area contributed by atoms with Crippen molar-refractivity contribution in [3.8, 4) is 0 Å². The molecule has 0 saturated carbocycles. The molecule has 0 bridgehead atoms. The minimum Gasteiger partial charge on any atom is -0.377 e. The minimum atomic E-state index is -2.29. The van der Waals surface area contributed by atoms with E-state index in [0.29, 0.717) is 0 Å². The molecule has 0 aliphatic heterocycles. The summed E-state index contributed by atoms with van der Waals surface area (Å²) >= 11 is 4.07. The molecule has 0 heterocycles. The molecule has 4 nitrogen and oxygen atoms in total. The Hall–Kier alpha value is 0.117. The summed E-state index contributed by atoms with van der Waals surface area (Å²) in [5.74, 6) is 0.724. The third-order valence-corrected chi connectivity index (χ3v) is 4.72. The molecule has 0 rings (SSSR count). The average molecular weight is 226 g/mol. The van der Waals surface area contributed by atoms with Crippen LogP contribution in [0.2, 0.25) is 6.04 Å². The van der Waals surface area contributed by atoms with Crippen molar-refractivity contribution in [2.24, 2.45) is 0 Å². The van der Waals surface area contributed by atoms with E-state index in [9.17, 15) is 0 Å². The summed E-state index contributed by atoms with van der Waals surface area (Å²) in [6.45, 7) is 1.44. The Morgan fingerprint density at radius 3 is 1.62 bits per heavy atom. The molecule has 13 heavy (non-hydrogen) atoms. The van der Waals surface area contributed by atoms with Crippen LogP contribution in [-0.4, -0.2) is 42.2 Å². The summed E-state index contributed by atoms with van der Waals surface area (Å²) < 4.78 is 15.4. The fourth-order valence-electron chi connectivity index (χ4n) is 0.693. The molecule has 0 spiro atoms. The first kappa shape index (κ1) is 15.6. The van der Waals surface area contributed by atoms with E-state index in [2.05, 4.69) is 12.6 Å². The molecule has 6 heteroatoms. The second-order valence-electron chi connectivity index (χ2n) is 2.00. The Morgan fingerprint density at radius 2 is 1.54 bits per heavy atom. The van der Waals surface area contributed by atoms with Gasteiger partial charge < -0.3 is 18.1 Å². The van der Waals surface area contributed by atoms with Crippen LogP contribution in [0.25, 0.3) is 0 Å². The number of carbonyl (C=O) groups excluding carboxylic acids is 1. The molecular formula is C7H18O4SSi. The largest absolute Gasteiger partial charge is 0.500 e. The zero-order valence-corrected chi connectivity index (χ0v) is 10.5. The van der Waals surface area contributed by atoms with Crippen LogP contribution >= 0.6 is 12.6 Å². The van der Waals surface area contributed by atoms with Gasteiger partial charge in [0.05, 0.1) is 0 Å². The molecule has 0 atom stereocenters. The second-order valence-corrected chi connectivity index (χ2v) is 5.54. The van der Waals surface area contributed by atoms with Gasteiger partial charge in [0.25, 0.3) is 0 Å². The molecule has 0 aromatic heterocycles. The highest BCUT2D eigenvalue weighted by molar-refractivity contribution is 7.80. The Kier molecular flexibility index (Phi) is 12.2. The van der Waals surface area contributed by atoms with Crippen molar-refractivity contribution in [3.05, 3.63) is 0 Å². The Morgan fingerprint density at radius 1 is 1.23 bits per heavy atom. The highest BCUT2D eigenvalue weighted by Crippen LogP contribution is 2.12. The minimum absolute atomic E-state index is 0.724. The lowest BCUT2D eigenvalue weighted by Crippen LogP contribution is -2.42. The van der Waals surface area contributed by atoms with Crippen molar-refractivity contribution in [2.75, 3.05) is 27.1 Å². The summed E-state index contributed by atoms with van der Waals surface area (Å²) in [4.78, 5) is 8.81. The molecule has 80 valence electrons. The smallest absolute Gasteiger partial charge is 0.377 e. The first-order valence-corrected chi connectivity index (χ1v) is 6.38. The van der Waals surface area contributed by atoms with Gasteiger partial charge in [0.15, 0.2) is 0 Å². The van der Waals surface area contributed by atoms with Gasteiger partial charge in [-0.2, -0.15) is 12.6 Å². The molecule has 0 aromatic rings. The highest BCUT2D eigenvalue weighted by Gasteiger charge is 2.36. The number of hydrogen-bond donors (Lipinski definition) is 1. The topological polar surface area (TPSA) is 44.8 Å². The van der Waals surface area contributed by atoms with Crippen LogP contribution in [0.5, 0.6) is 0 Å². The molecular weight excluding hydrogens is 208 g/mol. The van der Waals surface area contributed by atoms with E-state index in [-0.39, 0.29) is 0 Å². The maximum absolute atomic E-state index is 8.81. The van der Waals surface area contributed by atoms with Gasteiger partial charge in [0, 0.05) is 27.4 Å². The van der Waals surface area contributed by atoms with Crippen LogP contribution in [0.4, 0.5) is 0 Å². The van der Waals surface area contributed by atoms with E-state index in [0.717, 1.165) is 18.1 Å². The number of hydrogen-bond acceptors (Lipinski definition) is 5. The second kappa shape index (κ2) is 10.2. The molecule has 0 N–H and O–H groups in total. The fourth-order valence-corrected chi connectivity index (χ4v) is 2.90. The molecule has 0 aliphatic rings. The zero-order valence-electron chi connectivity index (χ0n) is 8.57. The van der Waals surface area contributed by atoms with Gasteiger partial charge in [0.1, 0.15) is 6.29 Å². The first-order chi connectivity index (χ1) is 6.16. The van der Waals surface area contributed by atoms with Gasteiger partial charge in [-0.15, -0.1) is 0 Å². The Bertz CT molecular complexity index is 111. The van der Waals surface area contributed by atoms with Gasteiger partial charge in [-0.1, -0.05) is 0 Å². The average Bonchev–Trinajstić information content (AvgIpc) is 2.16. The van der Waals surface area contributed by atoms with Crippen molar-refractivity contribution < 1.29 is 18.1 Å². The number of carbonyl (C=O) groups is 1. The van der Waals surface area contributed by atoms with Crippen LogP contribution in [0.1, 0.15) is 6.92 Å². The number of rotatable bonds is 5. The molecule has 0 fully saturated rings. The van der Waals surface area contributed by atoms with Crippen molar-refractivity contribution >= 4 is 27.7 Å². The molecule has 0 saturated heterocycles. The van der Waals surface area contributed by atoms with Gasteiger partial charge in [0.2, 0.25) is 0 Å². The first-order valence-electron chi connectivity index (χ1n) is 3.82.